The number of rotatable bonds is 10. The number of carbonyl (C=O) groups excluding carboxylic acids is 2. The van der Waals surface area contributed by atoms with Crippen molar-refractivity contribution >= 4 is 23.1 Å². The Labute approximate surface area is 310 Å². The van der Waals surface area contributed by atoms with E-state index in [0.29, 0.717) is 56.0 Å². The van der Waals surface area contributed by atoms with Crippen LogP contribution in [0.1, 0.15) is 43.0 Å². The first-order valence-electron chi connectivity index (χ1n) is 16.7. The lowest BCUT2D eigenvalue weighted by atomic mass is 9.99. The number of nitriles is 2. The molecule has 0 aromatic heterocycles. The Kier molecular flexibility index (Phi) is 9.68. The third-order valence-electron chi connectivity index (χ3n) is 8.94. The molecule has 0 aliphatic heterocycles. The van der Waals surface area contributed by atoms with Crippen LogP contribution in [0, 0.1) is 35.8 Å². The number of esters is 2. The van der Waals surface area contributed by atoms with Crippen LogP contribution in [-0.4, -0.2) is 38.4 Å². The Morgan fingerprint density at radius 3 is 1.24 bits per heavy atom. The van der Waals surface area contributed by atoms with E-state index in [1.54, 1.807) is 60.7 Å². The number of nitrogens with zero attached hydrogens (tertiary/aromatic N) is 4. The highest BCUT2D eigenvalue weighted by Gasteiger charge is 2.32. The number of ether oxygens (including phenoxy) is 4. The van der Waals surface area contributed by atoms with Crippen molar-refractivity contribution in [3.8, 4) is 45.9 Å². The van der Waals surface area contributed by atoms with Crippen LogP contribution in [0.3, 0.4) is 0 Å². The van der Waals surface area contributed by atoms with Gasteiger partial charge in [-0.3, -0.25) is 0 Å². The summed E-state index contributed by atoms with van der Waals surface area (Å²) in [5, 5.41) is 19.2. The van der Waals surface area contributed by atoms with Crippen LogP contribution in [0.2, 0.25) is 0 Å². The molecule has 0 saturated heterocycles. The number of hydrogen-bond acceptors (Lipinski definition) is 8. The average molecular weight is 707 g/mol. The van der Waals surface area contributed by atoms with Gasteiger partial charge in [0.2, 0.25) is 0 Å². The van der Waals surface area contributed by atoms with E-state index in [2.05, 4.69) is 9.69 Å². The molecule has 0 radical (unpaired) electrons. The van der Waals surface area contributed by atoms with Gasteiger partial charge in [-0.15, -0.1) is 0 Å². The fourth-order valence-electron chi connectivity index (χ4n) is 6.73. The van der Waals surface area contributed by atoms with Gasteiger partial charge < -0.3 is 18.9 Å². The summed E-state index contributed by atoms with van der Waals surface area (Å²) >= 11 is 0. The molecule has 0 unspecified atom stereocenters. The molecule has 5 aromatic carbocycles. The first kappa shape index (κ1) is 34.5. The standard InChI is InChI=1S/C44H26N4O6/c1-47-37(25-45)41-31-11-5-3-9-29(31)39-33(41)13-7-15-35(39)43(49)53-23-21-51-27-17-19-28(20-18-27)52-22-24-54-44(50)36-16-8-14-34-40(36)30-10-4-6-12-32(30)42(34)38(26-46)48-2/h3-20H,21-24H2. The van der Waals surface area contributed by atoms with Crippen LogP contribution < -0.4 is 9.47 Å². The van der Waals surface area contributed by atoms with Crippen molar-refractivity contribution in [1.82, 2.24) is 0 Å². The molecule has 10 heteroatoms. The lowest BCUT2D eigenvalue weighted by Gasteiger charge is -2.12. The van der Waals surface area contributed by atoms with Crippen LogP contribution in [-0.2, 0) is 9.47 Å². The van der Waals surface area contributed by atoms with Crippen molar-refractivity contribution in [2.75, 3.05) is 26.4 Å². The van der Waals surface area contributed by atoms with Gasteiger partial charge in [0.25, 0.3) is 11.4 Å². The van der Waals surface area contributed by atoms with Gasteiger partial charge in [0, 0.05) is 22.3 Å². The van der Waals surface area contributed by atoms with Gasteiger partial charge in [-0.25, -0.2) is 29.8 Å². The van der Waals surface area contributed by atoms with Crippen molar-refractivity contribution < 1.29 is 28.5 Å². The van der Waals surface area contributed by atoms with Gasteiger partial charge >= 0.3 is 11.9 Å². The van der Waals surface area contributed by atoms with Crippen LogP contribution >= 0.6 is 0 Å². The molecular formula is C44H26N4O6. The molecule has 0 heterocycles. The van der Waals surface area contributed by atoms with Gasteiger partial charge in [0.15, 0.2) is 0 Å². The maximum Gasteiger partial charge on any atom is 0.338 e. The molecule has 2 aliphatic carbocycles. The fourth-order valence-corrected chi connectivity index (χ4v) is 6.73. The molecule has 2 aliphatic rings. The van der Waals surface area contributed by atoms with Gasteiger partial charge in [-0.05, 0) is 69.8 Å². The molecule has 0 spiro atoms. The lowest BCUT2D eigenvalue weighted by Crippen LogP contribution is -2.14. The Morgan fingerprint density at radius 2 is 0.870 bits per heavy atom. The van der Waals surface area contributed by atoms with E-state index < -0.39 is 11.9 Å². The number of carbonyl (C=O) groups is 2. The Bertz CT molecular complexity index is 2380. The van der Waals surface area contributed by atoms with E-state index >= 15 is 0 Å². The molecular weight excluding hydrogens is 681 g/mol. The molecule has 258 valence electrons. The predicted octanol–water partition coefficient (Wildman–Crippen LogP) is 8.52. The number of allylic oxidation sites excluding steroid dienone is 2. The van der Waals surface area contributed by atoms with E-state index in [4.69, 9.17) is 32.1 Å². The summed E-state index contributed by atoms with van der Waals surface area (Å²) in [4.78, 5) is 33.2. The number of fused-ring (bicyclic) bond motifs is 6. The van der Waals surface area contributed by atoms with Crippen LogP contribution in [0.5, 0.6) is 11.5 Å². The molecule has 7 rings (SSSR count). The molecule has 0 atom stereocenters. The highest BCUT2D eigenvalue weighted by molar-refractivity contribution is 6.11. The normalized spacial score (nSPS) is 13.3. The highest BCUT2D eigenvalue weighted by atomic mass is 16.6. The van der Waals surface area contributed by atoms with Crippen LogP contribution in [0.25, 0.3) is 43.1 Å². The molecule has 5 aromatic rings. The summed E-state index contributed by atoms with van der Waals surface area (Å²) in [6.07, 6.45) is 0. The fraction of sp³-hybridized carbons (Fsp3) is 0.0909. The minimum Gasteiger partial charge on any atom is -0.490 e. The maximum atomic E-state index is 13.2. The second-order valence-corrected chi connectivity index (χ2v) is 11.9. The second kappa shape index (κ2) is 15.1. The summed E-state index contributed by atoms with van der Waals surface area (Å²) in [6.45, 7) is 15.1. The Hall–Kier alpha value is -7.92. The monoisotopic (exact) mass is 706 g/mol. The van der Waals surface area contributed by atoms with Crippen LogP contribution in [0.15, 0.2) is 121 Å². The molecule has 54 heavy (non-hydrogen) atoms. The average Bonchev–Trinajstić information content (AvgIpc) is 3.73. The van der Waals surface area contributed by atoms with Crippen molar-refractivity contribution in [1.29, 1.82) is 10.5 Å². The van der Waals surface area contributed by atoms with Gasteiger partial charge in [0.1, 0.15) is 37.9 Å². The zero-order valence-corrected chi connectivity index (χ0v) is 28.5. The first-order chi connectivity index (χ1) is 26.5. The second-order valence-electron chi connectivity index (χ2n) is 11.9. The SMILES string of the molecule is [C-]#[N+]C(C#N)=C1c2ccccc2-c2c(C(=O)OCCOc3ccc(OCCOC(=O)c4cccc5c4-c4ccccc4C5=C(C#N)[N+]#[C-])cc3)cccc21. The lowest BCUT2D eigenvalue weighted by molar-refractivity contribution is 0.0441. The summed E-state index contributed by atoms with van der Waals surface area (Å²) in [6, 6.07) is 35.8. The van der Waals surface area contributed by atoms with Crippen molar-refractivity contribution in [3.05, 3.63) is 177 Å². The quantitative estimate of drug-likeness (QED) is 0.0600. The smallest absolute Gasteiger partial charge is 0.338 e. The minimum atomic E-state index is -0.548. The van der Waals surface area contributed by atoms with Gasteiger partial charge in [-0.2, -0.15) is 0 Å². The molecule has 0 saturated carbocycles. The van der Waals surface area contributed by atoms with E-state index in [1.165, 1.54) is 0 Å². The van der Waals surface area contributed by atoms with Gasteiger partial charge in [-0.1, -0.05) is 72.8 Å². The summed E-state index contributed by atoms with van der Waals surface area (Å²) in [7, 11) is 0. The number of benzene rings is 5. The van der Waals surface area contributed by atoms with Gasteiger partial charge in [0.05, 0.1) is 36.4 Å². The molecule has 0 bridgehead atoms. The van der Waals surface area contributed by atoms with E-state index in [1.807, 2.05) is 60.7 Å². The summed E-state index contributed by atoms with van der Waals surface area (Å²) in [5.74, 6) is -0.0365. The van der Waals surface area contributed by atoms with Crippen molar-refractivity contribution in [2.45, 2.75) is 0 Å². The van der Waals surface area contributed by atoms with E-state index in [0.717, 1.165) is 22.3 Å². The van der Waals surface area contributed by atoms with Crippen molar-refractivity contribution in [3.63, 3.8) is 0 Å². The third-order valence-corrected chi connectivity index (χ3v) is 8.94. The minimum absolute atomic E-state index is 0.0190. The molecule has 0 amide bonds. The molecule has 0 fully saturated rings. The molecule has 0 N–H and O–H groups in total. The zero-order chi connectivity index (χ0) is 37.6. The number of hydrogen-bond donors (Lipinski definition) is 0. The maximum absolute atomic E-state index is 13.2. The Balaban J connectivity index is 0.913. The van der Waals surface area contributed by atoms with Crippen LogP contribution in [0.4, 0.5) is 0 Å². The Morgan fingerprint density at radius 1 is 0.500 bits per heavy atom. The first-order valence-corrected chi connectivity index (χ1v) is 16.7. The van der Waals surface area contributed by atoms with E-state index in [-0.39, 0.29) is 37.8 Å². The zero-order valence-electron chi connectivity index (χ0n) is 28.5. The topological polar surface area (TPSA) is 127 Å². The largest absolute Gasteiger partial charge is 0.490 e. The van der Waals surface area contributed by atoms with E-state index in [9.17, 15) is 20.1 Å². The summed E-state index contributed by atoms with van der Waals surface area (Å²) < 4.78 is 22.6. The van der Waals surface area contributed by atoms with Crippen molar-refractivity contribution in [2.24, 2.45) is 0 Å². The highest BCUT2D eigenvalue weighted by Crippen LogP contribution is 2.48. The molecule has 10 nitrogen and oxygen atoms in total. The summed E-state index contributed by atoms with van der Waals surface area (Å²) in [5.41, 5.74) is 7.10. The third kappa shape index (κ3) is 6.29. The predicted molar refractivity (Wildman–Crippen MR) is 198 cm³/mol.